The number of nitrogens with one attached hydrogen (secondary N) is 1. The zero-order chi connectivity index (χ0) is 9.76. The Bertz CT molecular complexity index is 240. The summed E-state index contributed by atoms with van der Waals surface area (Å²) in [5.41, 5.74) is 6.73. The van der Waals surface area contributed by atoms with Crippen LogP contribution < -0.4 is 11.1 Å². The molecule has 3 N–H and O–H groups in total. The van der Waals surface area contributed by atoms with E-state index in [0.717, 1.165) is 23.8 Å². The van der Waals surface area contributed by atoms with Gasteiger partial charge in [-0.2, -0.15) is 6.92 Å². The van der Waals surface area contributed by atoms with Crippen LogP contribution in [0, 0.1) is 62.8 Å². The van der Waals surface area contributed by atoms with Gasteiger partial charge in [0.25, 0.3) is 0 Å². The molecular formula is C13H24N2U. The van der Waals surface area contributed by atoms with Crippen LogP contribution in [0.5, 0.6) is 0 Å². The molecule has 2 nitrogen and oxygen atoms in total. The summed E-state index contributed by atoms with van der Waals surface area (Å²) in [6.45, 7) is 4.23. The average molecular weight is 446 g/mol. The van der Waals surface area contributed by atoms with Crippen molar-refractivity contribution in [3.63, 3.8) is 0 Å². The molecule has 4 fully saturated rings. The van der Waals surface area contributed by atoms with E-state index in [9.17, 15) is 0 Å². The van der Waals surface area contributed by atoms with Crippen LogP contribution in [0.3, 0.4) is 0 Å². The van der Waals surface area contributed by atoms with Crippen LogP contribution >= 0.6 is 0 Å². The molecule has 0 aromatic heterocycles. The molecule has 0 radical (unpaired) electrons. The molecule has 0 aromatic rings. The Morgan fingerprint density at radius 3 is 2.62 bits per heavy atom. The molecule has 0 spiro atoms. The van der Waals surface area contributed by atoms with E-state index < -0.39 is 0 Å². The maximum Gasteiger partial charge on any atom is 2.00 e. The van der Waals surface area contributed by atoms with Crippen molar-refractivity contribution in [2.24, 2.45) is 23.5 Å². The first-order valence-corrected chi connectivity index (χ1v) is 6.06. The van der Waals surface area contributed by atoms with Crippen LogP contribution in [0.4, 0.5) is 0 Å². The van der Waals surface area contributed by atoms with E-state index in [-0.39, 0.29) is 44.1 Å². The molecule has 0 aromatic carbocycles. The number of nitrogens with two attached hydrogens (primary N) is 1. The van der Waals surface area contributed by atoms with Crippen molar-refractivity contribution in [1.82, 2.24) is 5.32 Å². The van der Waals surface area contributed by atoms with Gasteiger partial charge >= 0.3 is 31.1 Å². The molecule has 3 heteroatoms. The Morgan fingerprint density at radius 2 is 2.00 bits per heavy atom. The smallest absolute Gasteiger partial charge is 0.467 e. The quantitative estimate of drug-likeness (QED) is 0.638. The van der Waals surface area contributed by atoms with Gasteiger partial charge < -0.3 is 18.5 Å². The van der Waals surface area contributed by atoms with Crippen LogP contribution in [0.2, 0.25) is 0 Å². The minimum atomic E-state index is 0. The van der Waals surface area contributed by atoms with Crippen LogP contribution in [0.1, 0.15) is 39.0 Å². The molecule has 3 atom stereocenters. The molecule has 0 amide bonds. The maximum absolute atomic E-state index is 6.50. The minimum Gasteiger partial charge on any atom is -0.467 e. The van der Waals surface area contributed by atoms with Crippen molar-refractivity contribution in [1.29, 1.82) is 0 Å². The van der Waals surface area contributed by atoms with E-state index in [1.54, 1.807) is 0 Å². The summed E-state index contributed by atoms with van der Waals surface area (Å²) in [5.74, 6) is 2.63. The molecule has 0 saturated heterocycles. The van der Waals surface area contributed by atoms with Gasteiger partial charge in [0.1, 0.15) is 0 Å². The zero-order valence-electron chi connectivity index (χ0n) is 10.5. The summed E-state index contributed by atoms with van der Waals surface area (Å²) in [7, 11) is 0. The third-order valence-electron chi connectivity index (χ3n) is 4.99. The fourth-order valence-corrected chi connectivity index (χ4v) is 4.10. The predicted molar refractivity (Wildman–Crippen MR) is 63.8 cm³/mol. The molecule has 4 aliphatic rings. The summed E-state index contributed by atoms with van der Waals surface area (Å²) in [5, 5.41) is 3.58. The predicted octanol–water partition coefficient (Wildman–Crippen LogP) is 2.11. The second kappa shape index (κ2) is 5.31. The second-order valence-corrected chi connectivity index (χ2v) is 5.65. The van der Waals surface area contributed by atoms with Crippen molar-refractivity contribution >= 4 is 0 Å². The molecule has 4 bridgehead atoms. The summed E-state index contributed by atoms with van der Waals surface area (Å²) in [6, 6.07) is 0.740. The summed E-state index contributed by atoms with van der Waals surface area (Å²) >= 11 is 0. The van der Waals surface area contributed by atoms with Gasteiger partial charge in [-0.15, -0.1) is 0 Å². The van der Waals surface area contributed by atoms with Crippen LogP contribution in [-0.4, -0.2) is 11.6 Å². The normalized spacial score (nSPS) is 48.4. The van der Waals surface area contributed by atoms with Crippen LogP contribution in [-0.2, 0) is 0 Å². The van der Waals surface area contributed by atoms with Crippen LogP contribution in [0.15, 0.2) is 0 Å². The first-order chi connectivity index (χ1) is 6.73. The van der Waals surface area contributed by atoms with Crippen molar-refractivity contribution < 1.29 is 31.1 Å². The summed E-state index contributed by atoms with van der Waals surface area (Å²) in [4.78, 5) is 0. The standard InChI is InChI=1S/C12H21N2.CH3.U/c1-2-14-11-8-3-4-12(13,7-8)10-5-9(11)6-10;;/h2,8-11,14H,3-7,13H2,1H3;1H3;/q2*-1;+2/t8?,9?,10?,11-,12?;;/m0../s1. The SMILES string of the molecule is C[CH-]N[C@@H]1C2CC(C2)C2(N)CCC1C2.[CH3-].[U+2]. The molecule has 4 aliphatic carbocycles. The Kier molecular flexibility index (Phi) is 4.99. The molecule has 16 heavy (non-hydrogen) atoms. The van der Waals surface area contributed by atoms with E-state index in [4.69, 9.17) is 5.73 Å². The molecule has 4 rings (SSSR count). The van der Waals surface area contributed by atoms with E-state index in [1.807, 2.05) is 0 Å². The summed E-state index contributed by atoms with van der Waals surface area (Å²) < 4.78 is 0. The maximum atomic E-state index is 6.50. The second-order valence-electron chi connectivity index (χ2n) is 5.65. The van der Waals surface area contributed by atoms with Crippen molar-refractivity contribution in [2.75, 3.05) is 0 Å². The van der Waals surface area contributed by atoms with Crippen molar-refractivity contribution in [3.8, 4) is 0 Å². The largest absolute Gasteiger partial charge is 2.00 e. The van der Waals surface area contributed by atoms with Gasteiger partial charge in [-0.25, -0.2) is 0 Å². The zero-order valence-corrected chi connectivity index (χ0v) is 14.7. The average Bonchev–Trinajstić information content (AvgIpc) is 2.34. The van der Waals surface area contributed by atoms with E-state index >= 15 is 0 Å². The number of hydrogen-bond acceptors (Lipinski definition) is 2. The van der Waals surface area contributed by atoms with E-state index in [0.29, 0.717) is 0 Å². The van der Waals surface area contributed by atoms with Crippen LogP contribution in [0.25, 0.3) is 0 Å². The molecule has 4 saturated carbocycles. The minimum absolute atomic E-state index is 0. The topological polar surface area (TPSA) is 38.0 Å². The van der Waals surface area contributed by atoms with E-state index in [2.05, 4.69) is 18.8 Å². The Morgan fingerprint density at radius 1 is 1.31 bits per heavy atom. The van der Waals surface area contributed by atoms with E-state index in [1.165, 1.54) is 32.1 Å². The van der Waals surface area contributed by atoms with Gasteiger partial charge in [-0.1, -0.05) is 0 Å². The molecule has 90 valence electrons. The monoisotopic (exact) mass is 446 g/mol. The van der Waals surface area contributed by atoms with Gasteiger partial charge in [0.15, 0.2) is 0 Å². The Labute approximate surface area is 124 Å². The van der Waals surface area contributed by atoms with Gasteiger partial charge in [0.05, 0.1) is 0 Å². The van der Waals surface area contributed by atoms with Crippen molar-refractivity contribution in [3.05, 3.63) is 14.0 Å². The Balaban J connectivity index is 0.000000640. The van der Waals surface area contributed by atoms with Gasteiger partial charge in [-0.3, -0.25) is 6.54 Å². The van der Waals surface area contributed by atoms with Gasteiger partial charge in [0, 0.05) is 5.54 Å². The fraction of sp³-hybridized carbons (Fsp3) is 0.846. The molecule has 0 heterocycles. The first kappa shape index (κ1) is 15.0. The third kappa shape index (κ3) is 2.14. The Hall–Kier alpha value is 0.972. The molecular weight excluding hydrogens is 422 g/mol. The summed E-state index contributed by atoms with van der Waals surface area (Å²) in [6.07, 6.45) is 6.68. The first-order valence-electron chi connectivity index (χ1n) is 6.06. The fourth-order valence-electron chi connectivity index (χ4n) is 4.10. The number of rotatable bonds is 2. The molecule has 2 unspecified atom stereocenters. The third-order valence-corrected chi connectivity index (χ3v) is 4.99. The van der Waals surface area contributed by atoms with Gasteiger partial charge in [0.2, 0.25) is 0 Å². The molecule has 0 aliphatic heterocycles. The van der Waals surface area contributed by atoms with Crippen molar-refractivity contribution in [2.45, 2.75) is 50.6 Å². The van der Waals surface area contributed by atoms with Gasteiger partial charge in [-0.05, 0) is 55.9 Å². The number of hydrogen-bond donors (Lipinski definition) is 2.